The van der Waals surface area contributed by atoms with E-state index in [1.165, 1.54) is 0 Å². The molecule has 2 aromatic heterocycles. The topological polar surface area (TPSA) is 63.9 Å². The van der Waals surface area contributed by atoms with Crippen molar-refractivity contribution in [1.82, 2.24) is 14.9 Å². The van der Waals surface area contributed by atoms with Gasteiger partial charge in [-0.2, -0.15) is 0 Å². The Morgan fingerprint density at radius 3 is 2.59 bits per heavy atom. The summed E-state index contributed by atoms with van der Waals surface area (Å²) in [7, 11) is 5.73. The number of hydrogen-bond donors (Lipinski definition) is 0. The Labute approximate surface area is 127 Å². The number of benzene rings is 1. The van der Waals surface area contributed by atoms with Gasteiger partial charge in [0.15, 0.2) is 0 Å². The van der Waals surface area contributed by atoms with Crippen molar-refractivity contribution in [2.75, 3.05) is 26.0 Å². The average Bonchev–Trinajstić information content (AvgIpc) is 2.85. The van der Waals surface area contributed by atoms with E-state index in [4.69, 9.17) is 0 Å². The molecule has 3 aromatic rings. The number of fused-ring (bicyclic) bond motifs is 1. The molecular formula is C15H17N6O+. The van der Waals surface area contributed by atoms with Gasteiger partial charge in [-0.3, -0.25) is 4.58 Å². The third kappa shape index (κ3) is 2.26. The quantitative estimate of drug-likeness (QED) is 0.287. The highest BCUT2D eigenvalue weighted by Crippen LogP contribution is 2.14. The molecule has 0 aliphatic heterocycles. The smallest absolute Gasteiger partial charge is 0.388 e. The summed E-state index contributed by atoms with van der Waals surface area (Å²) in [6.45, 7) is 0. The van der Waals surface area contributed by atoms with Crippen LogP contribution in [0, 0.1) is 5.21 Å². The molecule has 7 heteroatoms. The van der Waals surface area contributed by atoms with Crippen molar-refractivity contribution in [3.63, 3.8) is 0 Å². The molecule has 0 spiro atoms. The highest BCUT2D eigenvalue weighted by Gasteiger charge is 2.27. The molecule has 0 unspecified atom stereocenters. The normalized spacial score (nSPS) is 10.7. The molecule has 3 rings (SSSR count). The third-order valence-electron chi connectivity index (χ3n) is 3.38. The van der Waals surface area contributed by atoms with Crippen molar-refractivity contribution < 1.29 is 9.42 Å². The van der Waals surface area contributed by atoms with Crippen LogP contribution in [0.1, 0.15) is 0 Å². The predicted octanol–water partition coefficient (Wildman–Crippen LogP) is 0.677. The van der Waals surface area contributed by atoms with Crippen LogP contribution in [0.2, 0.25) is 0 Å². The van der Waals surface area contributed by atoms with E-state index in [-0.39, 0.29) is 0 Å². The van der Waals surface area contributed by atoms with Crippen molar-refractivity contribution in [1.29, 1.82) is 0 Å². The van der Waals surface area contributed by atoms with Crippen LogP contribution >= 0.6 is 0 Å². The summed E-state index contributed by atoms with van der Waals surface area (Å²) in [5.41, 5.74) is 1.94. The molecule has 0 aliphatic rings. The molecule has 0 saturated carbocycles. The van der Waals surface area contributed by atoms with E-state index in [0.717, 1.165) is 11.6 Å². The molecule has 7 nitrogen and oxygen atoms in total. The molecule has 0 aliphatic carbocycles. The fourth-order valence-electron chi connectivity index (χ4n) is 2.41. The molecule has 0 amide bonds. The first-order valence-corrected chi connectivity index (χ1v) is 6.86. The van der Waals surface area contributed by atoms with Crippen LogP contribution in [0.25, 0.3) is 11.2 Å². The lowest BCUT2D eigenvalue weighted by Gasteiger charge is -2.15. The van der Waals surface area contributed by atoms with E-state index in [2.05, 4.69) is 10.2 Å². The molecule has 22 heavy (non-hydrogen) atoms. The fraction of sp³-hybridized carbons (Fsp3) is 0.200. The number of para-hydroxylation sites is 1. The number of rotatable bonds is 1. The third-order valence-corrected chi connectivity index (χ3v) is 3.38. The number of aromatic nitrogens is 4. The van der Waals surface area contributed by atoms with Crippen LogP contribution in [-0.4, -0.2) is 46.6 Å². The van der Waals surface area contributed by atoms with Crippen LogP contribution < -0.4 is 9.75 Å². The zero-order valence-corrected chi connectivity index (χ0v) is 12.7. The highest BCUT2D eigenvalue weighted by atomic mass is 16.5. The maximum absolute atomic E-state index is 12.0. The lowest BCUT2D eigenvalue weighted by Crippen LogP contribution is -2.41. The highest BCUT2D eigenvalue weighted by molar-refractivity contribution is 5.96. The Morgan fingerprint density at radius 1 is 1.18 bits per heavy atom. The van der Waals surface area contributed by atoms with Crippen molar-refractivity contribution in [2.45, 2.75) is 0 Å². The van der Waals surface area contributed by atoms with Crippen LogP contribution in [0.15, 0.2) is 48.7 Å². The van der Waals surface area contributed by atoms with Gasteiger partial charge >= 0.3 is 5.96 Å². The molecule has 112 valence electrons. The number of anilines is 1. The average molecular weight is 297 g/mol. The summed E-state index contributed by atoms with van der Waals surface area (Å²) in [4.78, 5) is 6.83. The largest absolute Gasteiger partial charge is 0.691 e. The van der Waals surface area contributed by atoms with Crippen molar-refractivity contribution in [2.24, 2.45) is 0 Å². The second kappa shape index (κ2) is 5.44. The summed E-state index contributed by atoms with van der Waals surface area (Å²) in [5, 5.41) is 16.0. The minimum Gasteiger partial charge on any atom is -0.691 e. The molecule has 0 saturated heterocycles. The van der Waals surface area contributed by atoms with Crippen molar-refractivity contribution in [3.8, 4) is 0 Å². The fourth-order valence-corrected chi connectivity index (χ4v) is 2.41. The summed E-state index contributed by atoms with van der Waals surface area (Å²) < 4.78 is 3.45. The van der Waals surface area contributed by atoms with Gasteiger partial charge < -0.3 is 5.21 Å². The maximum Gasteiger partial charge on any atom is 0.388 e. The molecule has 0 atom stereocenters. The van der Waals surface area contributed by atoms with Gasteiger partial charge in [0.05, 0.1) is 26.4 Å². The second-order valence-electron chi connectivity index (χ2n) is 5.11. The maximum atomic E-state index is 12.0. The summed E-state index contributed by atoms with van der Waals surface area (Å²) in [6.07, 6.45) is 1.65. The Hall–Kier alpha value is -2.96. The standard InChI is InChI=1S/C15H17N6O/c1-18(2)15(19(3)12-8-5-4-6-9-12)20-14-13(21(22)17-20)10-7-11-16-14/h4-11H,1-3H3/q+1. The van der Waals surface area contributed by atoms with Gasteiger partial charge in [-0.15, -0.1) is 4.85 Å². The van der Waals surface area contributed by atoms with Crippen LogP contribution in [0.3, 0.4) is 0 Å². The lowest BCUT2D eigenvalue weighted by atomic mass is 10.3. The van der Waals surface area contributed by atoms with Crippen molar-refractivity contribution >= 4 is 22.8 Å². The number of hydrogen-bond acceptors (Lipinski definition) is 3. The second-order valence-corrected chi connectivity index (χ2v) is 5.11. The molecule has 0 bridgehead atoms. The zero-order valence-electron chi connectivity index (χ0n) is 12.7. The molecular weight excluding hydrogens is 280 g/mol. The Kier molecular flexibility index (Phi) is 3.46. The first kappa shape index (κ1) is 14.0. The summed E-state index contributed by atoms with van der Waals surface area (Å²) >= 11 is 0. The van der Waals surface area contributed by atoms with E-state index in [1.807, 2.05) is 61.0 Å². The first-order valence-electron chi connectivity index (χ1n) is 6.86. The first-order chi connectivity index (χ1) is 10.6. The van der Waals surface area contributed by atoms with Crippen LogP contribution in [0.5, 0.6) is 0 Å². The van der Waals surface area contributed by atoms with Gasteiger partial charge in [0.25, 0.3) is 5.65 Å². The molecule has 0 radical (unpaired) electrons. The van der Waals surface area contributed by atoms with Gasteiger partial charge in [-0.1, -0.05) is 18.2 Å². The Bertz CT molecular complexity index is 836. The van der Waals surface area contributed by atoms with E-state index in [0.29, 0.717) is 16.0 Å². The lowest BCUT2D eigenvalue weighted by molar-refractivity contribution is -0.645. The van der Waals surface area contributed by atoms with E-state index in [9.17, 15) is 5.21 Å². The molecule has 0 fully saturated rings. The predicted molar refractivity (Wildman–Crippen MR) is 83.8 cm³/mol. The molecule has 2 heterocycles. The van der Waals surface area contributed by atoms with Crippen LogP contribution in [-0.2, 0) is 0 Å². The zero-order chi connectivity index (χ0) is 15.7. The molecule has 1 aromatic carbocycles. The Morgan fingerprint density at radius 2 is 1.91 bits per heavy atom. The van der Waals surface area contributed by atoms with Gasteiger partial charge in [0, 0.05) is 6.20 Å². The van der Waals surface area contributed by atoms with Gasteiger partial charge in [0.1, 0.15) is 5.69 Å². The van der Waals surface area contributed by atoms with E-state index < -0.39 is 0 Å². The Balaban J connectivity index is 2.19. The van der Waals surface area contributed by atoms with E-state index in [1.54, 1.807) is 23.0 Å². The van der Waals surface area contributed by atoms with Gasteiger partial charge in [-0.25, -0.2) is 9.88 Å². The van der Waals surface area contributed by atoms with Gasteiger partial charge in [-0.05, 0) is 28.9 Å². The number of pyridine rings is 1. The van der Waals surface area contributed by atoms with E-state index >= 15 is 0 Å². The number of nitrogens with zero attached hydrogens (tertiary/aromatic N) is 6. The monoisotopic (exact) mass is 297 g/mol. The van der Waals surface area contributed by atoms with Crippen molar-refractivity contribution in [3.05, 3.63) is 53.9 Å². The van der Waals surface area contributed by atoms with Crippen LogP contribution in [0.4, 0.5) is 5.69 Å². The minimum atomic E-state index is 0.434. The molecule has 0 N–H and O–H groups in total. The minimum absolute atomic E-state index is 0.434. The van der Waals surface area contributed by atoms with Gasteiger partial charge in [0.2, 0.25) is 5.52 Å². The summed E-state index contributed by atoms with van der Waals surface area (Å²) in [6, 6.07) is 13.3. The SMILES string of the molecule is CN(C(n1n[n+]([O-])c2cccnc21)=[N+](C)C)c1ccccc1. The summed E-state index contributed by atoms with van der Waals surface area (Å²) in [5.74, 6) is 0.726.